The van der Waals surface area contributed by atoms with Crippen LogP contribution in [0.15, 0.2) is 72.5 Å². The normalized spacial score (nSPS) is 15.6. The van der Waals surface area contributed by atoms with E-state index in [1.54, 1.807) is 6.07 Å². The van der Waals surface area contributed by atoms with Crippen LogP contribution in [0.4, 0.5) is 29.3 Å². The van der Waals surface area contributed by atoms with Gasteiger partial charge in [-0.1, -0.05) is 37.6 Å². The number of anilines is 2. The molecule has 0 bridgehead atoms. The molecule has 0 aromatic heterocycles. The maximum atomic E-state index is 12.4. The Bertz CT molecular complexity index is 969. The molecular formula is C24H25F3N2O3. The Morgan fingerprint density at radius 1 is 1.09 bits per heavy atom. The van der Waals surface area contributed by atoms with Gasteiger partial charge in [-0.15, -0.1) is 13.2 Å². The number of halogens is 3. The fourth-order valence-electron chi connectivity index (χ4n) is 3.23. The zero-order valence-electron chi connectivity index (χ0n) is 17.6. The second-order valence-corrected chi connectivity index (χ2v) is 7.25. The van der Waals surface area contributed by atoms with Crippen molar-refractivity contribution in [1.29, 1.82) is 0 Å². The number of amides is 2. The molecule has 1 aliphatic rings. The van der Waals surface area contributed by atoms with Crippen molar-refractivity contribution in [3.8, 4) is 5.75 Å². The predicted octanol–water partition coefficient (Wildman–Crippen LogP) is 6.97. The number of rotatable bonds is 8. The second kappa shape index (κ2) is 10.7. The number of carbonyl (C=O) groups is 1. The largest absolute Gasteiger partial charge is 0.573 e. The third-order valence-electron chi connectivity index (χ3n) is 4.79. The molecule has 1 aliphatic carbocycles. The van der Waals surface area contributed by atoms with Crippen LogP contribution in [-0.2, 0) is 4.74 Å². The molecule has 2 aromatic carbocycles. The number of nitrogens with one attached hydrogen (secondary N) is 2. The van der Waals surface area contributed by atoms with Crippen LogP contribution in [0.5, 0.6) is 5.75 Å². The number of benzene rings is 2. The SMILES string of the molecule is CCCCOC1=CCC(c2ccccc2NC(=O)Nc2ccc(OC(F)(F)F)cc2)C=C1. The highest BCUT2D eigenvalue weighted by atomic mass is 19.4. The van der Waals surface area contributed by atoms with Gasteiger partial charge in [0.15, 0.2) is 0 Å². The summed E-state index contributed by atoms with van der Waals surface area (Å²) in [6, 6.07) is 11.9. The van der Waals surface area contributed by atoms with Gasteiger partial charge in [0.1, 0.15) is 11.5 Å². The van der Waals surface area contributed by atoms with E-state index in [4.69, 9.17) is 4.74 Å². The minimum Gasteiger partial charge on any atom is -0.494 e. The van der Waals surface area contributed by atoms with E-state index in [0.29, 0.717) is 18.0 Å². The number of para-hydroxylation sites is 1. The van der Waals surface area contributed by atoms with Gasteiger partial charge in [-0.2, -0.15) is 0 Å². The molecule has 0 saturated heterocycles. The van der Waals surface area contributed by atoms with E-state index in [1.807, 2.05) is 30.4 Å². The summed E-state index contributed by atoms with van der Waals surface area (Å²) in [6.07, 6.45) is 4.12. The molecule has 1 atom stereocenters. The summed E-state index contributed by atoms with van der Waals surface area (Å²) in [5.74, 6) is 0.587. The van der Waals surface area contributed by atoms with Gasteiger partial charge in [0.25, 0.3) is 0 Å². The lowest BCUT2D eigenvalue weighted by molar-refractivity contribution is -0.274. The first-order valence-corrected chi connectivity index (χ1v) is 10.4. The van der Waals surface area contributed by atoms with Gasteiger partial charge in [-0.05, 0) is 60.9 Å². The predicted molar refractivity (Wildman–Crippen MR) is 118 cm³/mol. The van der Waals surface area contributed by atoms with E-state index in [2.05, 4.69) is 28.4 Å². The average Bonchev–Trinajstić information content (AvgIpc) is 2.75. The number of urea groups is 1. The monoisotopic (exact) mass is 446 g/mol. The molecular weight excluding hydrogens is 421 g/mol. The third kappa shape index (κ3) is 7.08. The van der Waals surface area contributed by atoms with Gasteiger partial charge >= 0.3 is 12.4 Å². The Hall–Kier alpha value is -3.42. The van der Waals surface area contributed by atoms with E-state index in [-0.39, 0.29) is 11.7 Å². The first kappa shape index (κ1) is 23.2. The van der Waals surface area contributed by atoms with Crippen molar-refractivity contribution in [3.05, 3.63) is 78.1 Å². The molecule has 3 rings (SSSR count). The number of ether oxygens (including phenoxy) is 2. The molecule has 5 nitrogen and oxygen atoms in total. The molecule has 0 radical (unpaired) electrons. The minimum absolute atomic E-state index is 0.0869. The van der Waals surface area contributed by atoms with Crippen LogP contribution in [0, 0.1) is 0 Å². The highest BCUT2D eigenvalue weighted by Crippen LogP contribution is 2.32. The van der Waals surface area contributed by atoms with Crippen molar-refractivity contribution in [2.45, 2.75) is 38.5 Å². The Kier molecular flexibility index (Phi) is 7.81. The summed E-state index contributed by atoms with van der Waals surface area (Å²) in [5, 5.41) is 5.42. The van der Waals surface area contributed by atoms with E-state index in [0.717, 1.165) is 42.7 Å². The van der Waals surface area contributed by atoms with Gasteiger partial charge in [0.2, 0.25) is 0 Å². The third-order valence-corrected chi connectivity index (χ3v) is 4.79. The lowest BCUT2D eigenvalue weighted by Gasteiger charge is -2.20. The highest BCUT2D eigenvalue weighted by molar-refractivity contribution is 6.00. The molecule has 0 fully saturated rings. The smallest absolute Gasteiger partial charge is 0.494 e. The molecule has 0 aliphatic heterocycles. The lowest BCUT2D eigenvalue weighted by Crippen LogP contribution is -2.21. The maximum absolute atomic E-state index is 12.4. The van der Waals surface area contributed by atoms with Crippen LogP contribution in [0.25, 0.3) is 0 Å². The molecule has 2 amide bonds. The first-order valence-electron chi connectivity index (χ1n) is 10.4. The minimum atomic E-state index is -4.76. The molecule has 32 heavy (non-hydrogen) atoms. The van der Waals surface area contributed by atoms with E-state index >= 15 is 0 Å². The van der Waals surface area contributed by atoms with E-state index in [9.17, 15) is 18.0 Å². The fourth-order valence-corrected chi connectivity index (χ4v) is 3.23. The Morgan fingerprint density at radius 2 is 1.84 bits per heavy atom. The van der Waals surface area contributed by atoms with Gasteiger partial charge < -0.3 is 20.1 Å². The molecule has 2 N–H and O–H groups in total. The van der Waals surface area contributed by atoms with Crippen molar-refractivity contribution in [2.75, 3.05) is 17.2 Å². The van der Waals surface area contributed by atoms with Crippen molar-refractivity contribution >= 4 is 17.4 Å². The van der Waals surface area contributed by atoms with Gasteiger partial charge in [0.05, 0.1) is 6.61 Å². The average molecular weight is 446 g/mol. The highest BCUT2D eigenvalue weighted by Gasteiger charge is 2.31. The molecule has 1 unspecified atom stereocenters. The number of hydrogen-bond donors (Lipinski definition) is 2. The number of hydrogen-bond acceptors (Lipinski definition) is 3. The Labute approximate surface area is 184 Å². The zero-order valence-corrected chi connectivity index (χ0v) is 17.6. The van der Waals surface area contributed by atoms with Gasteiger partial charge in [-0.3, -0.25) is 0 Å². The molecule has 0 spiro atoms. The van der Waals surface area contributed by atoms with E-state index in [1.165, 1.54) is 12.1 Å². The molecule has 0 saturated carbocycles. The van der Waals surface area contributed by atoms with Crippen molar-refractivity contribution in [2.24, 2.45) is 0 Å². The molecule has 170 valence electrons. The van der Waals surface area contributed by atoms with Crippen molar-refractivity contribution in [3.63, 3.8) is 0 Å². The number of unbranched alkanes of at least 4 members (excludes halogenated alkanes) is 1. The summed E-state index contributed by atoms with van der Waals surface area (Å²) in [7, 11) is 0. The molecule has 0 heterocycles. The van der Waals surface area contributed by atoms with Crippen molar-refractivity contribution < 1.29 is 27.4 Å². The summed E-state index contributed by atoms with van der Waals surface area (Å²) in [4.78, 5) is 12.4. The Balaban J connectivity index is 1.59. The summed E-state index contributed by atoms with van der Waals surface area (Å²) < 4.78 is 46.3. The van der Waals surface area contributed by atoms with Gasteiger partial charge in [-0.25, -0.2) is 4.79 Å². The maximum Gasteiger partial charge on any atom is 0.573 e. The van der Waals surface area contributed by atoms with Crippen LogP contribution in [-0.4, -0.2) is 19.0 Å². The zero-order chi connectivity index (χ0) is 23.0. The topological polar surface area (TPSA) is 59.6 Å². The van der Waals surface area contributed by atoms with Crippen LogP contribution in [0.3, 0.4) is 0 Å². The number of allylic oxidation sites excluding steroid dienone is 3. The summed E-state index contributed by atoms with van der Waals surface area (Å²) in [5.41, 5.74) is 1.95. The number of carbonyl (C=O) groups excluding carboxylic acids is 1. The standard InChI is InChI=1S/C24H25F3N2O3/c1-2-3-16-31-19-12-8-17(9-13-19)21-6-4-5-7-22(21)29-23(30)28-18-10-14-20(15-11-18)32-24(25,26)27/h4-8,10-15,17H,2-3,9,16H2,1H3,(H2,28,29,30). The van der Waals surface area contributed by atoms with Gasteiger partial charge in [0, 0.05) is 17.3 Å². The summed E-state index contributed by atoms with van der Waals surface area (Å²) >= 11 is 0. The second-order valence-electron chi connectivity index (χ2n) is 7.25. The first-order chi connectivity index (χ1) is 15.3. The number of alkyl halides is 3. The summed E-state index contributed by atoms with van der Waals surface area (Å²) in [6.45, 7) is 2.81. The fraction of sp³-hybridized carbons (Fsp3) is 0.292. The quantitative estimate of drug-likeness (QED) is 0.430. The van der Waals surface area contributed by atoms with Crippen LogP contribution in [0.1, 0.15) is 37.7 Å². The molecule has 8 heteroatoms. The molecule has 2 aromatic rings. The van der Waals surface area contributed by atoms with Crippen LogP contribution >= 0.6 is 0 Å². The van der Waals surface area contributed by atoms with Crippen molar-refractivity contribution in [1.82, 2.24) is 0 Å². The Morgan fingerprint density at radius 3 is 2.50 bits per heavy atom. The lowest BCUT2D eigenvalue weighted by atomic mass is 9.91. The van der Waals surface area contributed by atoms with E-state index < -0.39 is 12.4 Å². The van der Waals surface area contributed by atoms with Crippen LogP contribution < -0.4 is 15.4 Å². The van der Waals surface area contributed by atoms with Crippen LogP contribution in [0.2, 0.25) is 0 Å².